The maximum Gasteiger partial charge on any atom is 0.0890 e. The van der Waals surface area contributed by atoms with Crippen LogP contribution in [-0.2, 0) is 0 Å². The first kappa shape index (κ1) is 12.0. The van der Waals surface area contributed by atoms with Crippen LogP contribution in [0.4, 0.5) is 0 Å². The van der Waals surface area contributed by atoms with Gasteiger partial charge in [0.1, 0.15) is 0 Å². The van der Waals surface area contributed by atoms with E-state index >= 15 is 0 Å². The third-order valence-electron chi connectivity index (χ3n) is 3.17. The lowest BCUT2D eigenvalue weighted by molar-refractivity contribution is 0.0510. The molecule has 1 aromatic rings. The van der Waals surface area contributed by atoms with E-state index in [1.807, 2.05) is 0 Å². The zero-order chi connectivity index (χ0) is 11.6. The normalized spacial score (nSPS) is 19.4. The number of aliphatic hydroxyl groups is 1. The lowest BCUT2D eigenvalue weighted by Crippen LogP contribution is -2.42. The first-order valence-corrected chi connectivity index (χ1v) is 6.74. The number of aryl methyl sites for hydroxylation is 1. The van der Waals surface area contributed by atoms with Crippen LogP contribution >= 0.6 is 11.8 Å². The molecule has 16 heavy (non-hydrogen) atoms. The van der Waals surface area contributed by atoms with E-state index in [1.165, 1.54) is 10.5 Å². The SMILES string of the molecule is Cc1cccc(SCC(O)(CN)C2CC2)c1. The molecule has 0 aliphatic heterocycles. The van der Waals surface area contributed by atoms with Gasteiger partial charge in [0.15, 0.2) is 0 Å². The van der Waals surface area contributed by atoms with Gasteiger partial charge in [0.25, 0.3) is 0 Å². The van der Waals surface area contributed by atoms with Gasteiger partial charge in [-0.1, -0.05) is 17.7 Å². The van der Waals surface area contributed by atoms with Gasteiger partial charge in [0.2, 0.25) is 0 Å². The van der Waals surface area contributed by atoms with Crippen LogP contribution in [0.5, 0.6) is 0 Å². The third kappa shape index (κ3) is 2.78. The van der Waals surface area contributed by atoms with Crippen molar-refractivity contribution >= 4 is 11.8 Å². The lowest BCUT2D eigenvalue weighted by Gasteiger charge is -2.25. The summed E-state index contributed by atoms with van der Waals surface area (Å²) in [6, 6.07) is 8.37. The van der Waals surface area contributed by atoms with Crippen molar-refractivity contribution in [2.45, 2.75) is 30.3 Å². The van der Waals surface area contributed by atoms with Crippen molar-refractivity contribution in [1.29, 1.82) is 0 Å². The Morgan fingerprint density at radius 2 is 2.25 bits per heavy atom. The molecule has 3 heteroatoms. The number of thioether (sulfide) groups is 1. The molecule has 1 saturated carbocycles. The highest BCUT2D eigenvalue weighted by atomic mass is 32.2. The summed E-state index contributed by atoms with van der Waals surface area (Å²) in [6.45, 7) is 2.45. The molecule has 1 fully saturated rings. The van der Waals surface area contributed by atoms with Crippen LogP contribution in [0.2, 0.25) is 0 Å². The summed E-state index contributed by atoms with van der Waals surface area (Å²) >= 11 is 1.70. The van der Waals surface area contributed by atoms with Crippen molar-refractivity contribution in [1.82, 2.24) is 0 Å². The smallest absolute Gasteiger partial charge is 0.0890 e. The van der Waals surface area contributed by atoms with Crippen LogP contribution < -0.4 is 5.73 Å². The van der Waals surface area contributed by atoms with Crippen molar-refractivity contribution in [3.8, 4) is 0 Å². The second-order valence-electron chi connectivity index (χ2n) is 4.69. The molecule has 0 radical (unpaired) electrons. The molecular formula is C13H19NOS. The number of hydrogen-bond acceptors (Lipinski definition) is 3. The molecule has 88 valence electrons. The van der Waals surface area contributed by atoms with Crippen LogP contribution in [-0.4, -0.2) is 23.0 Å². The first-order chi connectivity index (χ1) is 7.64. The van der Waals surface area contributed by atoms with E-state index in [9.17, 15) is 5.11 Å². The van der Waals surface area contributed by atoms with E-state index in [4.69, 9.17) is 5.73 Å². The fourth-order valence-corrected chi connectivity index (χ4v) is 3.09. The Hall–Kier alpha value is -0.510. The predicted molar refractivity (Wildman–Crippen MR) is 68.6 cm³/mol. The Kier molecular flexibility index (Phi) is 3.57. The van der Waals surface area contributed by atoms with Gasteiger partial charge < -0.3 is 10.8 Å². The highest BCUT2D eigenvalue weighted by molar-refractivity contribution is 7.99. The summed E-state index contributed by atoms with van der Waals surface area (Å²) < 4.78 is 0. The minimum Gasteiger partial charge on any atom is -0.387 e. The maximum atomic E-state index is 10.3. The van der Waals surface area contributed by atoms with E-state index in [2.05, 4.69) is 31.2 Å². The Bertz CT molecular complexity index is 365. The van der Waals surface area contributed by atoms with Crippen LogP contribution in [0.15, 0.2) is 29.2 Å². The van der Waals surface area contributed by atoms with Crippen molar-refractivity contribution < 1.29 is 5.11 Å². The van der Waals surface area contributed by atoms with Crippen LogP contribution in [0.3, 0.4) is 0 Å². The van der Waals surface area contributed by atoms with E-state index in [0.717, 1.165) is 12.8 Å². The number of benzene rings is 1. The van der Waals surface area contributed by atoms with Gasteiger partial charge in [-0.15, -0.1) is 11.8 Å². The molecule has 0 aromatic heterocycles. The molecule has 2 nitrogen and oxygen atoms in total. The van der Waals surface area contributed by atoms with Gasteiger partial charge in [0, 0.05) is 17.2 Å². The van der Waals surface area contributed by atoms with E-state index < -0.39 is 5.60 Å². The van der Waals surface area contributed by atoms with Crippen molar-refractivity contribution in [2.24, 2.45) is 11.7 Å². The Morgan fingerprint density at radius 1 is 1.50 bits per heavy atom. The molecule has 1 aromatic carbocycles. The minimum absolute atomic E-state index is 0.372. The van der Waals surface area contributed by atoms with Gasteiger partial charge >= 0.3 is 0 Å². The fourth-order valence-electron chi connectivity index (χ4n) is 1.88. The average molecular weight is 237 g/mol. The Morgan fingerprint density at radius 3 is 2.81 bits per heavy atom. The molecule has 3 N–H and O–H groups in total. The second kappa shape index (κ2) is 4.78. The maximum absolute atomic E-state index is 10.3. The predicted octanol–water partition coefficient (Wildman–Crippen LogP) is 2.19. The fraction of sp³-hybridized carbons (Fsp3) is 0.538. The van der Waals surface area contributed by atoms with Gasteiger partial charge in [-0.05, 0) is 37.8 Å². The summed E-state index contributed by atoms with van der Waals surface area (Å²) in [5.74, 6) is 1.13. The van der Waals surface area contributed by atoms with Gasteiger partial charge in [0.05, 0.1) is 5.60 Å². The van der Waals surface area contributed by atoms with Gasteiger partial charge in [-0.2, -0.15) is 0 Å². The highest BCUT2D eigenvalue weighted by Gasteiger charge is 2.42. The second-order valence-corrected chi connectivity index (χ2v) is 5.74. The third-order valence-corrected chi connectivity index (χ3v) is 4.40. The molecule has 1 atom stereocenters. The first-order valence-electron chi connectivity index (χ1n) is 5.76. The number of rotatable bonds is 5. The standard InChI is InChI=1S/C13H19NOS/c1-10-3-2-4-12(7-10)16-9-13(15,8-14)11-5-6-11/h2-4,7,11,15H,5-6,8-9,14H2,1H3. The molecule has 1 aliphatic rings. The van der Waals surface area contributed by atoms with Crippen LogP contribution in [0, 0.1) is 12.8 Å². The number of hydrogen-bond donors (Lipinski definition) is 2. The highest BCUT2D eigenvalue weighted by Crippen LogP contribution is 2.41. The van der Waals surface area contributed by atoms with Crippen molar-refractivity contribution in [3.63, 3.8) is 0 Å². The molecular weight excluding hydrogens is 218 g/mol. The molecule has 0 heterocycles. The van der Waals surface area contributed by atoms with E-state index in [1.54, 1.807) is 11.8 Å². The Labute approximate surface area is 101 Å². The number of nitrogens with two attached hydrogens (primary N) is 1. The lowest BCUT2D eigenvalue weighted by atomic mass is 10.0. The zero-order valence-corrected chi connectivity index (χ0v) is 10.5. The summed E-state index contributed by atoms with van der Waals surface area (Å²) in [5.41, 5.74) is 6.28. The zero-order valence-electron chi connectivity index (χ0n) is 9.65. The van der Waals surface area contributed by atoms with E-state index in [0.29, 0.717) is 18.2 Å². The molecule has 0 saturated heterocycles. The van der Waals surface area contributed by atoms with Gasteiger partial charge in [-0.3, -0.25) is 0 Å². The molecule has 2 rings (SSSR count). The monoisotopic (exact) mass is 237 g/mol. The summed E-state index contributed by atoms with van der Waals surface area (Å²) in [5, 5.41) is 10.3. The molecule has 0 bridgehead atoms. The van der Waals surface area contributed by atoms with Crippen LogP contribution in [0.1, 0.15) is 18.4 Å². The molecule has 1 unspecified atom stereocenters. The Balaban J connectivity index is 1.95. The average Bonchev–Trinajstić information content (AvgIpc) is 3.10. The topological polar surface area (TPSA) is 46.2 Å². The van der Waals surface area contributed by atoms with Crippen molar-refractivity contribution in [3.05, 3.63) is 29.8 Å². The molecule has 1 aliphatic carbocycles. The molecule has 0 spiro atoms. The van der Waals surface area contributed by atoms with E-state index in [-0.39, 0.29) is 0 Å². The quantitative estimate of drug-likeness (QED) is 0.772. The van der Waals surface area contributed by atoms with Crippen molar-refractivity contribution in [2.75, 3.05) is 12.3 Å². The molecule has 0 amide bonds. The van der Waals surface area contributed by atoms with Gasteiger partial charge in [-0.25, -0.2) is 0 Å². The summed E-state index contributed by atoms with van der Waals surface area (Å²) in [7, 11) is 0. The summed E-state index contributed by atoms with van der Waals surface area (Å²) in [4.78, 5) is 1.22. The summed E-state index contributed by atoms with van der Waals surface area (Å²) in [6.07, 6.45) is 2.25. The van der Waals surface area contributed by atoms with Crippen LogP contribution in [0.25, 0.3) is 0 Å². The largest absolute Gasteiger partial charge is 0.387 e. The minimum atomic E-state index is -0.658.